The van der Waals surface area contributed by atoms with E-state index in [1.807, 2.05) is 0 Å². The molecule has 1 aromatic heterocycles. The van der Waals surface area contributed by atoms with Gasteiger partial charge in [-0.25, -0.2) is 0 Å². The molecule has 15 heavy (non-hydrogen) atoms. The number of hydrogen-bond donors (Lipinski definition) is 2. The molecule has 0 spiro atoms. The summed E-state index contributed by atoms with van der Waals surface area (Å²) in [5, 5.41) is 0.888. The number of benzene rings is 1. The van der Waals surface area contributed by atoms with E-state index in [9.17, 15) is 9.59 Å². The summed E-state index contributed by atoms with van der Waals surface area (Å²) < 4.78 is 0.833. The summed E-state index contributed by atoms with van der Waals surface area (Å²) in [5.74, 6) is -0.942. The largest absolute Gasteiger partial charge is 0.366 e. The maximum atomic E-state index is 10.9. The van der Waals surface area contributed by atoms with Gasteiger partial charge >= 0.3 is 0 Å². The number of thiophene rings is 1. The highest BCUT2D eigenvalue weighted by atomic mass is 32.1. The molecule has 0 aliphatic rings. The van der Waals surface area contributed by atoms with Gasteiger partial charge in [0.25, 0.3) is 5.91 Å². The lowest BCUT2D eigenvalue weighted by atomic mass is 10.1. The minimum atomic E-state index is -0.481. The Morgan fingerprint density at radius 2 is 1.80 bits per heavy atom. The number of amides is 2. The molecule has 0 saturated heterocycles. The van der Waals surface area contributed by atoms with Crippen molar-refractivity contribution < 1.29 is 9.59 Å². The second kappa shape index (κ2) is 3.36. The number of carbonyl (C=O) groups is 2. The van der Waals surface area contributed by atoms with E-state index >= 15 is 0 Å². The van der Waals surface area contributed by atoms with E-state index < -0.39 is 11.8 Å². The molecular formula is C10H8N2O2S. The van der Waals surface area contributed by atoms with Gasteiger partial charge in [-0.1, -0.05) is 6.07 Å². The van der Waals surface area contributed by atoms with Gasteiger partial charge in [-0.15, -0.1) is 11.3 Å². The Bertz CT molecular complexity index is 548. The molecule has 2 aromatic rings. The zero-order valence-corrected chi connectivity index (χ0v) is 8.51. The first kappa shape index (κ1) is 9.67. The normalized spacial score (nSPS) is 10.4. The molecule has 0 atom stereocenters. The molecule has 4 N–H and O–H groups in total. The molecule has 0 unspecified atom stereocenters. The van der Waals surface area contributed by atoms with Gasteiger partial charge in [-0.2, -0.15) is 0 Å². The van der Waals surface area contributed by atoms with Crippen molar-refractivity contribution in [1.29, 1.82) is 0 Å². The number of fused-ring (bicyclic) bond motifs is 1. The highest BCUT2D eigenvalue weighted by molar-refractivity contribution is 7.20. The maximum absolute atomic E-state index is 10.9. The average Bonchev–Trinajstić information content (AvgIpc) is 2.59. The van der Waals surface area contributed by atoms with Crippen molar-refractivity contribution in [3.63, 3.8) is 0 Å². The third-order valence-electron chi connectivity index (χ3n) is 2.05. The minimum Gasteiger partial charge on any atom is -0.366 e. The summed E-state index contributed by atoms with van der Waals surface area (Å²) in [6, 6.07) is 6.74. The van der Waals surface area contributed by atoms with Gasteiger partial charge in [0.15, 0.2) is 0 Å². The molecule has 0 bridgehead atoms. The fourth-order valence-electron chi connectivity index (χ4n) is 1.31. The van der Waals surface area contributed by atoms with E-state index in [2.05, 4.69) is 0 Å². The maximum Gasteiger partial charge on any atom is 0.258 e. The first-order chi connectivity index (χ1) is 7.08. The van der Waals surface area contributed by atoms with Crippen molar-refractivity contribution in [1.82, 2.24) is 0 Å². The predicted octanol–water partition coefficient (Wildman–Crippen LogP) is 1.10. The van der Waals surface area contributed by atoms with Crippen LogP contribution in [0, 0.1) is 0 Å². The Labute approximate surface area is 89.5 Å². The van der Waals surface area contributed by atoms with Gasteiger partial charge in [-0.05, 0) is 23.6 Å². The molecule has 2 rings (SSSR count). The van der Waals surface area contributed by atoms with Crippen molar-refractivity contribution in [2.75, 3.05) is 0 Å². The summed E-state index contributed by atoms with van der Waals surface area (Å²) in [7, 11) is 0. The molecular weight excluding hydrogens is 212 g/mol. The van der Waals surface area contributed by atoms with Gasteiger partial charge in [0, 0.05) is 10.3 Å². The van der Waals surface area contributed by atoms with Crippen LogP contribution < -0.4 is 11.5 Å². The molecule has 2 amide bonds. The first-order valence-corrected chi connectivity index (χ1v) is 5.03. The van der Waals surface area contributed by atoms with E-state index in [0.717, 1.165) is 10.1 Å². The van der Waals surface area contributed by atoms with Crippen molar-refractivity contribution in [2.45, 2.75) is 0 Å². The van der Waals surface area contributed by atoms with E-state index in [4.69, 9.17) is 11.5 Å². The zero-order chi connectivity index (χ0) is 11.0. The average molecular weight is 220 g/mol. The summed E-state index contributed by atoms with van der Waals surface area (Å²) >= 11 is 1.25. The van der Waals surface area contributed by atoms with Crippen LogP contribution in [-0.2, 0) is 0 Å². The molecule has 0 saturated carbocycles. The fraction of sp³-hybridized carbons (Fsp3) is 0. The van der Waals surface area contributed by atoms with Crippen molar-refractivity contribution in [2.24, 2.45) is 11.5 Å². The lowest BCUT2D eigenvalue weighted by Crippen LogP contribution is -2.10. The van der Waals surface area contributed by atoms with Crippen LogP contribution in [0.3, 0.4) is 0 Å². The quantitative estimate of drug-likeness (QED) is 0.793. The molecule has 1 aromatic carbocycles. The van der Waals surface area contributed by atoms with Crippen LogP contribution in [0.4, 0.5) is 0 Å². The molecule has 0 radical (unpaired) electrons. The third kappa shape index (κ3) is 1.69. The number of carbonyl (C=O) groups excluding carboxylic acids is 2. The van der Waals surface area contributed by atoms with E-state index in [0.29, 0.717) is 10.4 Å². The monoisotopic (exact) mass is 220 g/mol. The Kier molecular flexibility index (Phi) is 2.17. The second-order valence-corrected chi connectivity index (χ2v) is 4.18. The van der Waals surface area contributed by atoms with Crippen LogP contribution in [-0.4, -0.2) is 11.8 Å². The fourth-order valence-corrected chi connectivity index (χ4v) is 2.26. The van der Waals surface area contributed by atoms with Crippen molar-refractivity contribution >= 4 is 33.2 Å². The van der Waals surface area contributed by atoms with Crippen LogP contribution in [0.5, 0.6) is 0 Å². The van der Waals surface area contributed by atoms with E-state index in [1.54, 1.807) is 24.3 Å². The summed E-state index contributed by atoms with van der Waals surface area (Å²) in [6.07, 6.45) is 0. The topological polar surface area (TPSA) is 86.2 Å². The Morgan fingerprint density at radius 3 is 2.40 bits per heavy atom. The number of rotatable bonds is 2. The third-order valence-corrected chi connectivity index (χ3v) is 3.16. The molecule has 4 nitrogen and oxygen atoms in total. The predicted molar refractivity (Wildman–Crippen MR) is 58.9 cm³/mol. The Hall–Kier alpha value is -1.88. The summed E-state index contributed by atoms with van der Waals surface area (Å²) in [4.78, 5) is 22.3. The standard InChI is InChI=1S/C10H8N2O2S/c11-9(13)6-2-1-5-3-8(10(12)14)15-7(5)4-6/h1-4H,(H2,11,13)(H2,12,14). The summed E-state index contributed by atoms with van der Waals surface area (Å²) in [5.41, 5.74) is 10.7. The van der Waals surface area contributed by atoms with Gasteiger partial charge in [0.05, 0.1) is 4.88 Å². The van der Waals surface area contributed by atoms with Gasteiger partial charge in [0.2, 0.25) is 5.91 Å². The number of hydrogen-bond acceptors (Lipinski definition) is 3. The molecule has 0 fully saturated rings. The van der Waals surface area contributed by atoms with Crippen LogP contribution >= 0.6 is 11.3 Å². The highest BCUT2D eigenvalue weighted by Gasteiger charge is 2.08. The smallest absolute Gasteiger partial charge is 0.258 e. The summed E-state index contributed by atoms with van der Waals surface area (Å²) in [6.45, 7) is 0. The van der Waals surface area contributed by atoms with Crippen LogP contribution in [0.1, 0.15) is 20.0 Å². The first-order valence-electron chi connectivity index (χ1n) is 4.21. The van der Waals surface area contributed by atoms with Crippen LogP contribution in [0.25, 0.3) is 10.1 Å². The van der Waals surface area contributed by atoms with Gasteiger partial charge in [-0.3, -0.25) is 9.59 Å². The Morgan fingerprint density at radius 1 is 1.07 bits per heavy atom. The van der Waals surface area contributed by atoms with Crippen molar-refractivity contribution in [3.8, 4) is 0 Å². The van der Waals surface area contributed by atoms with Crippen LogP contribution in [0.15, 0.2) is 24.3 Å². The minimum absolute atomic E-state index is 0.431. The number of nitrogens with two attached hydrogens (primary N) is 2. The molecule has 5 heteroatoms. The van der Waals surface area contributed by atoms with E-state index in [1.165, 1.54) is 11.3 Å². The molecule has 0 aliphatic carbocycles. The molecule has 0 aliphatic heterocycles. The van der Waals surface area contributed by atoms with E-state index in [-0.39, 0.29) is 0 Å². The lowest BCUT2D eigenvalue weighted by Gasteiger charge is -1.93. The van der Waals surface area contributed by atoms with Crippen molar-refractivity contribution in [3.05, 3.63) is 34.7 Å². The van der Waals surface area contributed by atoms with Crippen LogP contribution in [0.2, 0.25) is 0 Å². The second-order valence-electron chi connectivity index (χ2n) is 3.09. The highest BCUT2D eigenvalue weighted by Crippen LogP contribution is 2.26. The SMILES string of the molecule is NC(=O)c1ccc2cc(C(N)=O)sc2c1. The molecule has 1 heterocycles. The van der Waals surface area contributed by atoms with Gasteiger partial charge in [0.1, 0.15) is 0 Å². The van der Waals surface area contributed by atoms with Gasteiger partial charge < -0.3 is 11.5 Å². The number of primary amides is 2. The molecule has 76 valence electrons. The lowest BCUT2D eigenvalue weighted by molar-refractivity contribution is 0.0993. The zero-order valence-electron chi connectivity index (χ0n) is 7.69. The Balaban J connectivity index is 2.62.